The van der Waals surface area contributed by atoms with Crippen LogP contribution in [0, 0.1) is 6.92 Å². The van der Waals surface area contributed by atoms with Crippen LogP contribution < -0.4 is 5.32 Å². The highest BCUT2D eigenvalue weighted by Gasteiger charge is 2.23. The lowest BCUT2D eigenvalue weighted by molar-refractivity contribution is -0.132. The summed E-state index contributed by atoms with van der Waals surface area (Å²) in [5, 5.41) is 3.02. The van der Waals surface area contributed by atoms with Gasteiger partial charge >= 0.3 is 0 Å². The molecule has 0 bridgehead atoms. The van der Waals surface area contributed by atoms with E-state index in [1.807, 2.05) is 4.90 Å². The SMILES string of the molecule is COCCC(=O)NC1CCN(C(=O)CCc2ccc(C)cc2)CC1. The minimum absolute atomic E-state index is 0.0287. The monoisotopic (exact) mass is 332 g/mol. The topological polar surface area (TPSA) is 58.6 Å². The molecular formula is C19H28N2O3. The Balaban J connectivity index is 1.68. The quantitative estimate of drug-likeness (QED) is 0.831. The zero-order chi connectivity index (χ0) is 17.4. The van der Waals surface area contributed by atoms with Gasteiger partial charge in [0.05, 0.1) is 6.61 Å². The van der Waals surface area contributed by atoms with Gasteiger partial charge in [0.1, 0.15) is 0 Å². The van der Waals surface area contributed by atoms with E-state index in [1.54, 1.807) is 7.11 Å². The molecule has 1 aliphatic heterocycles. The lowest BCUT2D eigenvalue weighted by Crippen LogP contribution is -2.46. The molecule has 1 aromatic rings. The van der Waals surface area contributed by atoms with Crippen LogP contribution in [0.25, 0.3) is 0 Å². The van der Waals surface area contributed by atoms with Crippen molar-refractivity contribution in [2.24, 2.45) is 0 Å². The van der Waals surface area contributed by atoms with Gasteiger partial charge in [-0.15, -0.1) is 0 Å². The molecule has 24 heavy (non-hydrogen) atoms. The van der Waals surface area contributed by atoms with Crippen molar-refractivity contribution in [3.05, 3.63) is 35.4 Å². The Bertz CT molecular complexity index is 534. The molecule has 2 amide bonds. The summed E-state index contributed by atoms with van der Waals surface area (Å²) in [6.45, 7) is 3.96. The Morgan fingerprint density at radius 1 is 1.17 bits per heavy atom. The van der Waals surface area contributed by atoms with E-state index in [1.165, 1.54) is 11.1 Å². The normalized spacial score (nSPS) is 15.3. The third kappa shape index (κ3) is 5.96. The zero-order valence-corrected chi connectivity index (χ0v) is 14.7. The molecule has 0 aliphatic carbocycles. The van der Waals surface area contributed by atoms with Crippen molar-refractivity contribution >= 4 is 11.8 Å². The van der Waals surface area contributed by atoms with E-state index >= 15 is 0 Å². The summed E-state index contributed by atoms with van der Waals surface area (Å²) in [6, 6.07) is 8.51. The molecule has 0 unspecified atom stereocenters. The van der Waals surface area contributed by atoms with Crippen molar-refractivity contribution in [2.75, 3.05) is 26.8 Å². The Morgan fingerprint density at radius 2 is 1.83 bits per heavy atom. The fourth-order valence-electron chi connectivity index (χ4n) is 2.93. The molecule has 0 spiro atoms. The standard InChI is InChI=1S/C19H28N2O3/c1-15-3-5-16(6-4-15)7-8-19(23)21-12-9-17(10-13-21)20-18(22)11-14-24-2/h3-6,17H,7-14H2,1-2H3,(H,20,22). The van der Waals surface area contributed by atoms with Crippen LogP contribution in [-0.2, 0) is 20.7 Å². The van der Waals surface area contributed by atoms with E-state index in [4.69, 9.17) is 4.74 Å². The lowest BCUT2D eigenvalue weighted by atomic mass is 10.0. The molecule has 1 N–H and O–H groups in total. The van der Waals surface area contributed by atoms with Crippen molar-refractivity contribution in [3.8, 4) is 0 Å². The molecule has 0 atom stereocenters. The van der Waals surface area contributed by atoms with Crippen LogP contribution in [0.15, 0.2) is 24.3 Å². The minimum Gasteiger partial charge on any atom is -0.384 e. The van der Waals surface area contributed by atoms with Crippen LogP contribution >= 0.6 is 0 Å². The molecule has 1 saturated heterocycles. The molecule has 1 aromatic carbocycles. The van der Waals surface area contributed by atoms with E-state index in [-0.39, 0.29) is 17.9 Å². The van der Waals surface area contributed by atoms with E-state index in [2.05, 4.69) is 36.5 Å². The molecule has 0 saturated carbocycles. The van der Waals surface area contributed by atoms with Crippen molar-refractivity contribution in [1.29, 1.82) is 0 Å². The van der Waals surface area contributed by atoms with E-state index in [9.17, 15) is 9.59 Å². The van der Waals surface area contributed by atoms with Gasteiger partial charge in [-0.25, -0.2) is 0 Å². The summed E-state index contributed by atoms with van der Waals surface area (Å²) in [7, 11) is 1.59. The maximum Gasteiger partial charge on any atom is 0.222 e. The highest BCUT2D eigenvalue weighted by atomic mass is 16.5. The molecule has 0 radical (unpaired) electrons. The predicted molar refractivity (Wildman–Crippen MR) is 93.7 cm³/mol. The number of rotatable bonds is 7. The van der Waals surface area contributed by atoms with Gasteiger partial charge in [0, 0.05) is 39.1 Å². The number of ether oxygens (including phenoxy) is 1. The number of carbonyl (C=O) groups is 2. The van der Waals surface area contributed by atoms with E-state index < -0.39 is 0 Å². The number of nitrogens with zero attached hydrogens (tertiary/aromatic N) is 1. The number of methoxy groups -OCH3 is 1. The first-order chi connectivity index (χ1) is 11.6. The minimum atomic E-state index is 0.0287. The lowest BCUT2D eigenvalue weighted by Gasteiger charge is -2.32. The molecule has 5 heteroatoms. The van der Waals surface area contributed by atoms with Crippen molar-refractivity contribution in [3.63, 3.8) is 0 Å². The second-order valence-corrected chi connectivity index (χ2v) is 6.45. The first-order valence-corrected chi connectivity index (χ1v) is 8.70. The van der Waals surface area contributed by atoms with Gasteiger partial charge < -0.3 is 15.0 Å². The van der Waals surface area contributed by atoms with Crippen molar-refractivity contribution in [1.82, 2.24) is 10.2 Å². The molecule has 1 aliphatic rings. The second kappa shape index (κ2) is 9.42. The molecule has 2 rings (SSSR count). The first-order valence-electron chi connectivity index (χ1n) is 8.70. The van der Waals surface area contributed by atoms with Gasteiger partial charge in [-0.1, -0.05) is 29.8 Å². The number of hydrogen-bond acceptors (Lipinski definition) is 3. The van der Waals surface area contributed by atoms with Crippen LogP contribution in [-0.4, -0.2) is 49.6 Å². The van der Waals surface area contributed by atoms with E-state index in [0.29, 0.717) is 19.4 Å². The summed E-state index contributed by atoms with van der Waals surface area (Å²) < 4.78 is 4.91. The van der Waals surface area contributed by atoms with Gasteiger partial charge in [0.15, 0.2) is 0 Å². The Morgan fingerprint density at radius 3 is 2.46 bits per heavy atom. The fraction of sp³-hybridized carbons (Fsp3) is 0.579. The summed E-state index contributed by atoms with van der Waals surface area (Å²) in [4.78, 5) is 26.0. The number of piperidine rings is 1. The van der Waals surface area contributed by atoms with Gasteiger partial charge in [0.2, 0.25) is 11.8 Å². The third-order valence-electron chi connectivity index (χ3n) is 4.49. The summed E-state index contributed by atoms with van der Waals surface area (Å²) >= 11 is 0. The number of hydrogen-bond donors (Lipinski definition) is 1. The molecular weight excluding hydrogens is 304 g/mol. The number of nitrogens with one attached hydrogen (secondary N) is 1. The summed E-state index contributed by atoms with van der Waals surface area (Å²) in [6.07, 6.45) is 3.39. The van der Waals surface area contributed by atoms with Crippen LogP contribution in [0.3, 0.4) is 0 Å². The third-order valence-corrected chi connectivity index (χ3v) is 4.49. The maximum atomic E-state index is 12.3. The average Bonchev–Trinajstić information content (AvgIpc) is 2.60. The largest absolute Gasteiger partial charge is 0.384 e. The molecule has 0 aromatic heterocycles. The second-order valence-electron chi connectivity index (χ2n) is 6.45. The summed E-state index contributed by atoms with van der Waals surface area (Å²) in [5.41, 5.74) is 2.44. The number of aryl methyl sites for hydroxylation is 2. The number of amides is 2. The zero-order valence-electron chi connectivity index (χ0n) is 14.7. The smallest absolute Gasteiger partial charge is 0.222 e. The molecule has 1 fully saturated rings. The van der Waals surface area contributed by atoms with Gasteiger partial charge in [-0.2, -0.15) is 0 Å². The maximum absolute atomic E-state index is 12.3. The Labute approximate surface area is 144 Å². The Hall–Kier alpha value is -1.88. The van der Waals surface area contributed by atoms with Crippen molar-refractivity contribution in [2.45, 2.75) is 45.1 Å². The van der Waals surface area contributed by atoms with Gasteiger partial charge in [0.25, 0.3) is 0 Å². The molecule has 5 nitrogen and oxygen atoms in total. The number of benzene rings is 1. The van der Waals surface area contributed by atoms with Gasteiger partial charge in [-0.05, 0) is 31.7 Å². The molecule has 1 heterocycles. The van der Waals surface area contributed by atoms with Crippen LogP contribution in [0.4, 0.5) is 0 Å². The highest BCUT2D eigenvalue weighted by Crippen LogP contribution is 2.13. The van der Waals surface area contributed by atoms with E-state index in [0.717, 1.165) is 32.4 Å². The van der Waals surface area contributed by atoms with Crippen molar-refractivity contribution < 1.29 is 14.3 Å². The average molecular weight is 332 g/mol. The van der Waals surface area contributed by atoms with Crippen LogP contribution in [0.5, 0.6) is 0 Å². The Kier molecular flexibility index (Phi) is 7.25. The van der Waals surface area contributed by atoms with Crippen LogP contribution in [0.2, 0.25) is 0 Å². The highest BCUT2D eigenvalue weighted by molar-refractivity contribution is 5.77. The molecule has 132 valence electrons. The van der Waals surface area contributed by atoms with Gasteiger partial charge in [-0.3, -0.25) is 9.59 Å². The van der Waals surface area contributed by atoms with Crippen LogP contribution in [0.1, 0.15) is 36.8 Å². The number of carbonyl (C=O) groups excluding carboxylic acids is 2. The number of likely N-dealkylation sites (tertiary alicyclic amines) is 1. The fourth-order valence-corrected chi connectivity index (χ4v) is 2.93. The first kappa shape index (κ1) is 18.5. The summed E-state index contributed by atoms with van der Waals surface area (Å²) in [5.74, 6) is 0.237. The predicted octanol–water partition coefficient (Wildman–Crippen LogP) is 2.07.